The predicted molar refractivity (Wildman–Crippen MR) is 187 cm³/mol. The second kappa shape index (κ2) is 24.6. The summed E-state index contributed by atoms with van der Waals surface area (Å²) < 4.78 is 35.5. The van der Waals surface area contributed by atoms with E-state index in [-0.39, 0.29) is 49.8 Å². The Balaban J connectivity index is 1.60. The highest BCUT2D eigenvalue weighted by Gasteiger charge is 2.21. The van der Waals surface area contributed by atoms with Crippen molar-refractivity contribution in [3.05, 3.63) is 16.7 Å². The summed E-state index contributed by atoms with van der Waals surface area (Å²) in [5.41, 5.74) is 5.58. The van der Waals surface area contributed by atoms with Crippen molar-refractivity contribution in [2.45, 2.75) is 142 Å². The lowest BCUT2D eigenvalue weighted by molar-refractivity contribution is 0.0365. The zero-order valence-electron chi connectivity index (χ0n) is 28.5. The summed E-state index contributed by atoms with van der Waals surface area (Å²) in [4.78, 5) is 32.3. The van der Waals surface area contributed by atoms with Crippen LogP contribution in [-0.2, 0) is 29.8 Å². The number of nitrogens with two attached hydrogens (primary N) is 1. The third kappa shape index (κ3) is 17.6. The molecule has 2 aromatic heterocycles. The summed E-state index contributed by atoms with van der Waals surface area (Å²) in [5, 5.41) is 0.456. The standard InChI is InChI=1S/C32H60N5O7PS/c1-4-6-8-10-11-12-13-15-17-24-46-28(19-16-14-9-7-5-2)27(3)42-20-18-21-43-45(39,40)44-23-22-41-26-37-25-34-29-30(37)35-32(33)36-31(29)38/h25,27-28H,4-24,26H2,1-3H3,(H,39,40)(H3,33,35,36,38). The van der Waals surface area contributed by atoms with Crippen LogP contribution in [0.5, 0.6) is 0 Å². The van der Waals surface area contributed by atoms with Crippen LogP contribution in [0, 0.1) is 0 Å². The summed E-state index contributed by atoms with van der Waals surface area (Å²) in [6.45, 7) is 7.04. The molecule has 0 bridgehead atoms. The van der Waals surface area contributed by atoms with E-state index in [0.29, 0.717) is 18.3 Å². The lowest BCUT2D eigenvalue weighted by atomic mass is 10.1. The molecule has 4 N–H and O–H groups in total. The van der Waals surface area contributed by atoms with Crippen LogP contribution in [0.2, 0.25) is 0 Å². The number of thioether (sulfide) groups is 1. The first-order chi connectivity index (χ1) is 22.3. The normalized spacial score (nSPS) is 14.5. The maximum absolute atomic E-state index is 12.3. The van der Waals surface area contributed by atoms with Crippen LogP contribution in [0.15, 0.2) is 11.1 Å². The van der Waals surface area contributed by atoms with Crippen LogP contribution < -0.4 is 11.3 Å². The van der Waals surface area contributed by atoms with Crippen molar-refractivity contribution in [1.82, 2.24) is 19.5 Å². The number of H-pyrrole nitrogens is 1. The summed E-state index contributed by atoms with van der Waals surface area (Å²) in [7, 11) is -4.22. The van der Waals surface area contributed by atoms with Crippen molar-refractivity contribution >= 4 is 36.7 Å². The van der Waals surface area contributed by atoms with Gasteiger partial charge in [0.2, 0.25) is 5.95 Å². The van der Waals surface area contributed by atoms with E-state index in [4.69, 9.17) is 24.3 Å². The number of hydrogen-bond donors (Lipinski definition) is 3. The molecule has 266 valence electrons. The van der Waals surface area contributed by atoms with Gasteiger partial charge in [-0.15, -0.1) is 0 Å². The Morgan fingerprint density at radius 2 is 1.54 bits per heavy atom. The second-order valence-electron chi connectivity index (χ2n) is 11.9. The van der Waals surface area contributed by atoms with E-state index >= 15 is 0 Å². The number of nitrogens with zero attached hydrogens (tertiary/aromatic N) is 3. The van der Waals surface area contributed by atoms with Gasteiger partial charge in [-0.05, 0) is 31.9 Å². The van der Waals surface area contributed by atoms with Gasteiger partial charge >= 0.3 is 7.82 Å². The fourth-order valence-electron chi connectivity index (χ4n) is 5.14. The van der Waals surface area contributed by atoms with Crippen molar-refractivity contribution in [3.63, 3.8) is 0 Å². The SMILES string of the molecule is CCCCCCCCCCCSC(CCCCCCC)C(C)OCCCOP(=O)(O)OCCOCn1cnc2c(=O)[nH]c(N)nc21. The molecule has 0 saturated carbocycles. The Kier molecular flexibility index (Phi) is 21.8. The minimum absolute atomic E-state index is 0.0130. The first-order valence-electron chi connectivity index (χ1n) is 17.4. The van der Waals surface area contributed by atoms with E-state index in [2.05, 4.69) is 35.7 Å². The first kappa shape index (κ1) is 40.7. The fraction of sp³-hybridized carbons (Fsp3) is 0.844. The number of nitrogen functional groups attached to an aromatic ring is 1. The number of aromatic amines is 1. The van der Waals surface area contributed by atoms with Gasteiger partial charge in [0.1, 0.15) is 6.73 Å². The average Bonchev–Trinajstić information content (AvgIpc) is 3.43. The number of rotatable bonds is 30. The van der Waals surface area contributed by atoms with Gasteiger partial charge < -0.3 is 20.1 Å². The molecule has 12 nitrogen and oxygen atoms in total. The quantitative estimate of drug-likeness (QED) is 0.0547. The number of nitrogens with one attached hydrogen (secondary N) is 1. The van der Waals surface area contributed by atoms with Crippen molar-refractivity contribution in [2.75, 3.05) is 37.9 Å². The third-order valence-electron chi connectivity index (χ3n) is 7.83. The topological polar surface area (TPSA) is 164 Å². The zero-order valence-corrected chi connectivity index (χ0v) is 30.2. The largest absolute Gasteiger partial charge is 0.472 e. The number of unbranched alkanes of at least 4 members (excludes halogenated alkanes) is 12. The zero-order chi connectivity index (χ0) is 33.5. The second-order valence-corrected chi connectivity index (χ2v) is 14.7. The number of hydrogen-bond acceptors (Lipinski definition) is 10. The number of ether oxygens (including phenoxy) is 2. The van der Waals surface area contributed by atoms with Crippen LogP contribution in [0.25, 0.3) is 11.2 Å². The van der Waals surface area contributed by atoms with Crippen LogP contribution in [0.1, 0.15) is 124 Å². The molecule has 3 atom stereocenters. The molecular formula is C32H60N5O7PS. The van der Waals surface area contributed by atoms with E-state index < -0.39 is 13.4 Å². The predicted octanol–water partition coefficient (Wildman–Crippen LogP) is 7.60. The number of aromatic nitrogens is 4. The van der Waals surface area contributed by atoms with Crippen LogP contribution in [0.4, 0.5) is 5.95 Å². The Hall–Kier alpha value is -1.47. The summed E-state index contributed by atoms with van der Waals surface area (Å²) in [6.07, 6.45) is 21.6. The van der Waals surface area contributed by atoms with Gasteiger partial charge in [0.05, 0.1) is 32.3 Å². The maximum Gasteiger partial charge on any atom is 0.472 e. The van der Waals surface area contributed by atoms with E-state index in [0.717, 1.165) is 6.42 Å². The molecule has 0 aliphatic carbocycles. The summed E-state index contributed by atoms with van der Waals surface area (Å²) in [6, 6.07) is 0. The molecule has 14 heteroatoms. The molecule has 0 fully saturated rings. The molecule has 0 spiro atoms. The van der Waals surface area contributed by atoms with Crippen molar-refractivity contribution in [3.8, 4) is 0 Å². The van der Waals surface area contributed by atoms with Gasteiger partial charge in [-0.2, -0.15) is 16.7 Å². The molecule has 0 saturated heterocycles. The van der Waals surface area contributed by atoms with Crippen LogP contribution >= 0.6 is 19.6 Å². The van der Waals surface area contributed by atoms with E-state index in [1.165, 1.54) is 107 Å². The van der Waals surface area contributed by atoms with Gasteiger partial charge in [-0.1, -0.05) is 97.3 Å². The van der Waals surface area contributed by atoms with Crippen molar-refractivity contribution in [1.29, 1.82) is 0 Å². The van der Waals surface area contributed by atoms with Crippen molar-refractivity contribution in [2.24, 2.45) is 0 Å². The van der Waals surface area contributed by atoms with E-state index in [1.807, 2.05) is 11.8 Å². The van der Waals surface area contributed by atoms with Crippen LogP contribution in [-0.4, -0.2) is 67.9 Å². The number of phosphoric acid groups is 1. The van der Waals surface area contributed by atoms with E-state index in [9.17, 15) is 14.3 Å². The van der Waals surface area contributed by atoms with Gasteiger partial charge in [0.15, 0.2) is 11.2 Å². The summed E-state index contributed by atoms with van der Waals surface area (Å²) in [5.74, 6) is 1.15. The minimum Gasteiger partial charge on any atom is -0.377 e. The molecule has 0 radical (unpaired) electrons. The number of imidazole rings is 1. The maximum atomic E-state index is 12.3. The Morgan fingerprint density at radius 3 is 2.24 bits per heavy atom. The molecule has 2 rings (SSSR count). The van der Waals surface area contributed by atoms with Gasteiger partial charge in [0, 0.05) is 11.9 Å². The number of phosphoric ester groups is 1. The average molecular weight is 690 g/mol. The lowest BCUT2D eigenvalue weighted by Crippen LogP contribution is -2.25. The molecule has 2 heterocycles. The Morgan fingerprint density at radius 1 is 0.913 bits per heavy atom. The monoisotopic (exact) mass is 689 g/mol. The number of fused-ring (bicyclic) bond motifs is 1. The van der Waals surface area contributed by atoms with Crippen LogP contribution in [0.3, 0.4) is 0 Å². The molecule has 0 aliphatic heterocycles. The molecule has 0 aliphatic rings. The fourth-order valence-corrected chi connectivity index (χ4v) is 7.24. The third-order valence-corrected chi connectivity index (χ3v) is 10.4. The Labute approximate surface area is 279 Å². The molecule has 2 aromatic rings. The molecule has 3 unspecified atom stereocenters. The molecule has 46 heavy (non-hydrogen) atoms. The van der Waals surface area contributed by atoms with Gasteiger partial charge in [0.25, 0.3) is 5.56 Å². The van der Waals surface area contributed by atoms with E-state index in [1.54, 1.807) is 0 Å². The summed E-state index contributed by atoms with van der Waals surface area (Å²) >= 11 is 2.05. The molecule has 0 amide bonds. The highest BCUT2D eigenvalue weighted by atomic mass is 32.2. The first-order valence-corrected chi connectivity index (χ1v) is 19.9. The molecular weight excluding hydrogens is 629 g/mol. The van der Waals surface area contributed by atoms with Gasteiger partial charge in [-0.3, -0.25) is 23.4 Å². The highest BCUT2D eigenvalue weighted by molar-refractivity contribution is 7.99. The smallest absolute Gasteiger partial charge is 0.377 e. The van der Waals surface area contributed by atoms with Crippen molar-refractivity contribution < 1.29 is 28.0 Å². The minimum atomic E-state index is -4.22. The lowest BCUT2D eigenvalue weighted by Gasteiger charge is -2.24. The van der Waals surface area contributed by atoms with Gasteiger partial charge in [-0.25, -0.2) is 9.55 Å². The molecule has 0 aromatic carbocycles. The number of anilines is 1. The highest BCUT2D eigenvalue weighted by Crippen LogP contribution is 2.43. The Bertz CT molecular complexity index is 1170.